The molecule has 1 unspecified atom stereocenters. The fourth-order valence-electron chi connectivity index (χ4n) is 2.05. The predicted octanol–water partition coefficient (Wildman–Crippen LogP) is 5.40. The summed E-state index contributed by atoms with van der Waals surface area (Å²) in [5, 5.41) is -0.216. The van der Waals surface area contributed by atoms with Gasteiger partial charge in [0.25, 0.3) is 0 Å². The van der Waals surface area contributed by atoms with E-state index in [0.29, 0.717) is 0 Å². The summed E-state index contributed by atoms with van der Waals surface area (Å²) in [6.07, 6.45) is 0. The van der Waals surface area contributed by atoms with Crippen LogP contribution in [0.2, 0.25) is 0 Å². The molecule has 100 valence electrons. The fourth-order valence-corrected chi connectivity index (χ4v) is 2.72. The highest BCUT2D eigenvalue weighted by Crippen LogP contribution is 2.38. The summed E-state index contributed by atoms with van der Waals surface area (Å²) in [4.78, 5) is 0. The number of methoxy groups -OCH3 is 1. The Labute approximate surface area is 127 Å². The molecule has 0 saturated heterocycles. The minimum atomic E-state index is -0.216. The maximum atomic E-state index is 6.61. The van der Waals surface area contributed by atoms with E-state index in [2.05, 4.69) is 35.0 Å². The van der Waals surface area contributed by atoms with Gasteiger partial charge in [-0.1, -0.05) is 45.8 Å². The Balaban J connectivity index is 2.49. The zero-order valence-electron chi connectivity index (χ0n) is 11.2. The smallest absolute Gasteiger partial charge is 0.124 e. The summed E-state index contributed by atoms with van der Waals surface area (Å²) in [6.45, 7) is 4.10. The minimum absolute atomic E-state index is 0.216. The largest absolute Gasteiger partial charge is 0.496 e. The van der Waals surface area contributed by atoms with Gasteiger partial charge in [-0.3, -0.25) is 0 Å². The maximum absolute atomic E-state index is 6.61. The zero-order chi connectivity index (χ0) is 14.0. The lowest BCUT2D eigenvalue weighted by Crippen LogP contribution is -1.99. The monoisotopic (exact) mass is 338 g/mol. The van der Waals surface area contributed by atoms with E-state index >= 15 is 0 Å². The molecule has 0 fully saturated rings. The Kier molecular flexibility index (Phi) is 4.54. The second-order valence-corrected chi connectivity index (χ2v) is 5.91. The van der Waals surface area contributed by atoms with Gasteiger partial charge >= 0.3 is 0 Å². The average molecular weight is 340 g/mol. The molecule has 0 spiro atoms. The SMILES string of the molecule is COc1cc(C)c(Br)cc1C(Cl)c1cccc(C)c1. The van der Waals surface area contributed by atoms with Gasteiger partial charge in [0.05, 0.1) is 12.5 Å². The van der Waals surface area contributed by atoms with Crippen LogP contribution in [0.25, 0.3) is 0 Å². The highest BCUT2D eigenvalue weighted by molar-refractivity contribution is 9.10. The van der Waals surface area contributed by atoms with Gasteiger partial charge in [-0.2, -0.15) is 0 Å². The highest BCUT2D eigenvalue weighted by atomic mass is 79.9. The van der Waals surface area contributed by atoms with Crippen molar-refractivity contribution in [1.29, 1.82) is 0 Å². The summed E-state index contributed by atoms with van der Waals surface area (Å²) in [5.74, 6) is 0.821. The molecule has 0 bridgehead atoms. The molecular formula is C16H16BrClO. The van der Waals surface area contributed by atoms with E-state index in [1.54, 1.807) is 7.11 Å². The number of hydrogen-bond acceptors (Lipinski definition) is 1. The predicted molar refractivity (Wildman–Crippen MR) is 84.3 cm³/mol. The summed E-state index contributed by atoms with van der Waals surface area (Å²) >= 11 is 10.2. The quantitative estimate of drug-likeness (QED) is 0.680. The molecule has 0 aliphatic heterocycles. The van der Waals surface area contributed by atoms with Crippen molar-refractivity contribution in [2.24, 2.45) is 0 Å². The lowest BCUT2D eigenvalue weighted by molar-refractivity contribution is 0.409. The van der Waals surface area contributed by atoms with E-state index in [0.717, 1.165) is 26.9 Å². The molecule has 19 heavy (non-hydrogen) atoms. The highest BCUT2D eigenvalue weighted by Gasteiger charge is 2.17. The van der Waals surface area contributed by atoms with E-state index in [-0.39, 0.29) is 5.38 Å². The van der Waals surface area contributed by atoms with Crippen LogP contribution in [0.4, 0.5) is 0 Å². The van der Waals surface area contributed by atoms with Crippen molar-refractivity contribution in [3.8, 4) is 5.75 Å². The van der Waals surface area contributed by atoms with Crippen molar-refractivity contribution in [2.45, 2.75) is 19.2 Å². The Bertz CT molecular complexity index is 595. The van der Waals surface area contributed by atoms with E-state index in [9.17, 15) is 0 Å². The molecule has 0 aliphatic rings. The van der Waals surface area contributed by atoms with Crippen molar-refractivity contribution in [2.75, 3.05) is 7.11 Å². The minimum Gasteiger partial charge on any atom is -0.496 e. The van der Waals surface area contributed by atoms with Gasteiger partial charge < -0.3 is 4.74 Å². The molecule has 0 saturated carbocycles. The van der Waals surface area contributed by atoms with Gasteiger partial charge in [0, 0.05) is 10.0 Å². The van der Waals surface area contributed by atoms with Crippen LogP contribution in [0.5, 0.6) is 5.75 Å². The standard InChI is InChI=1S/C16H16BrClO/c1-10-5-4-6-12(7-10)16(18)13-9-14(17)11(2)8-15(13)19-3/h4-9,16H,1-3H3. The van der Waals surface area contributed by atoms with Gasteiger partial charge in [0.15, 0.2) is 0 Å². The third-order valence-electron chi connectivity index (χ3n) is 3.12. The molecule has 1 nitrogen and oxygen atoms in total. The maximum Gasteiger partial charge on any atom is 0.124 e. The fraction of sp³-hybridized carbons (Fsp3) is 0.250. The van der Waals surface area contributed by atoms with Gasteiger partial charge in [0.2, 0.25) is 0 Å². The van der Waals surface area contributed by atoms with Gasteiger partial charge in [0.1, 0.15) is 5.75 Å². The first-order chi connectivity index (χ1) is 9.02. The van der Waals surface area contributed by atoms with E-state index in [1.807, 2.05) is 31.2 Å². The normalized spacial score (nSPS) is 12.3. The third-order valence-corrected chi connectivity index (χ3v) is 4.46. The lowest BCUT2D eigenvalue weighted by Gasteiger charge is -2.16. The van der Waals surface area contributed by atoms with Crippen molar-refractivity contribution in [1.82, 2.24) is 0 Å². The second kappa shape index (κ2) is 5.98. The topological polar surface area (TPSA) is 9.23 Å². The van der Waals surface area contributed by atoms with Crippen LogP contribution in [0.15, 0.2) is 40.9 Å². The Morgan fingerprint density at radius 2 is 1.89 bits per heavy atom. The van der Waals surface area contributed by atoms with Gasteiger partial charge in [-0.15, -0.1) is 11.6 Å². The Morgan fingerprint density at radius 1 is 1.16 bits per heavy atom. The molecule has 2 aromatic rings. The Morgan fingerprint density at radius 3 is 2.53 bits per heavy atom. The number of hydrogen-bond donors (Lipinski definition) is 0. The number of halogens is 2. The molecule has 0 N–H and O–H groups in total. The first-order valence-corrected chi connectivity index (χ1v) is 7.30. The molecule has 2 aromatic carbocycles. The van der Waals surface area contributed by atoms with Crippen LogP contribution in [0.1, 0.15) is 27.6 Å². The molecule has 0 amide bonds. The first-order valence-electron chi connectivity index (χ1n) is 6.07. The van der Waals surface area contributed by atoms with Crippen molar-refractivity contribution in [3.05, 3.63) is 63.1 Å². The molecule has 0 radical (unpaired) electrons. The number of aryl methyl sites for hydroxylation is 2. The van der Waals surface area contributed by atoms with Crippen LogP contribution >= 0.6 is 27.5 Å². The molecule has 2 rings (SSSR count). The molecular weight excluding hydrogens is 324 g/mol. The summed E-state index contributed by atoms with van der Waals surface area (Å²) in [6, 6.07) is 12.3. The lowest BCUT2D eigenvalue weighted by atomic mass is 10.0. The molecule has 0 aliphatic carbocycles. The molecule has 1 atom stereocenters. The van der Waals surface area contributed by atoms with Gasteiger partial charge in [-0.05, 0) is 37.1 Å². The summed E-state index contributed by atoms with van der Waals surface area (Å²) < 4.78 is 6.49. The van der Waals surface area contributed by atoms with Crippen LogP contribution in [0.3, 0.4) is 0 Å². The first kappa shape index (κ1) is 14.4. The number of rotatable bonds is 3. The number of ether oxygens (including phenoxy) is 1. The number of benzene rings is 2. The summed E-state index contributed by atoms with van der Waals surface area (Å²) in [7, 11) is 1.67. The number of alkyl halides is 1. The van der Waals surface area contributed by atoms with Crippen molar-refractivity contribution >= 4 is 27.5 Å². The summed E-state index contributed by atoms with van der Waals surface area (Å²) in [5.41, 5.74) is 4.39. The van der Waals surface area contributed by atoms with Crippen molar-refractivity contribution < 1.29 is 4.74 Å². The second-order valence-electron chi connectivity index (χ2n) is 4.62. The Hall–Kier alpha value is -0.990. The van der Waals surface area contributed by atoms with Crippen LogP contribution < -0.4 is 4.74 Å². The van der Waals surface area contributed by atoms with Crippen LogP contribution in [0, 0.1) is 13.8 Å². The van der Waals surface area contributed by atoms with E-state index in [4.69, 9.17) is 16.3 Å². The average Bonchev–Trinajstić information content (AvgIpc) is 2.40. The van der Waals surface area contributed by atoms with Crippen LogP contribution in [-0.2, 0) is 0 Å². The van der Waals surface area contributed by atoms with Crippen LogP contribution in [-0.4, -0.2) is 7.11 Å². The van der Waals surface area contributed by atoms with Gasteiger partial charge in [-0.25, -0.2) is 0 Å². The molecule has 0 heterocycles. The molecule has 3 heteroatoms. The molecule has 0 aromatic heterocycles. The third kappa shape index (κ3) is 3.13. The van der Waals surface area contributed by atoms with E-state index in [1.165, 1.54) is 5.56 Å². The van der Waals surface area contributed by atoms with Crippen molar-refractivity contribution in [3.63, 3.8) is 0 Å². The van der Waals surface area contributed by atoms with E-state index < -0.39 is 0 Å². The zero-order valence-corrected chi connectivity index (χ0v) is 13.5.